The third-order valence-electron chi connectivity index (χ3n) is 5.55. The molecule has 0 aliphatic carbocycles. The first-order valence-electron chi connectivity index (χ1n) is 11.0. The molecule has 0 saturated carbocycles. The van der Waals surface area contributed by atoms with E-state index in [-0.39, 0.29) is 11.8 Å². The first kappa shape index (κ1) is 24.0. The highest BCUT2D eigenvalue weighted by molar-refractivity contribution is 7.99. The maximum atomic E-state index is 12.5. The topological polar surface area (TPSA) is 77.1 Å². The van der Waals surface area contributed by atoms with E-state index in [1.807, 2.05) is 23.9 Å². The molecule has 172 valence electrons. The summed E-state index contributed by atoms with van der Waals surface area (Å²) in [5, 5.41) is 5.89. The number of amides is 2. The average molecular weight is 450 g/mol. The summed E-state index contributed by atoms with van der Waals surface area (Å²) in [7, 11) is 1.62. The fourth-order valence-electron chi connectivity index (χ4n) is 3.83. The number of ether oxygens (including phenoxy) is 1. The van der Waals surface area contributed by atoms with Gasteiger partial charge in [0.2, 0.25) is 11.8 Å². The zero-order valence-corrected chi connectivity index (χ0v) is 19.3. The van der Waals surface area contributed by atoms with Crippen molar-refractivity contribution in [2.75, 3.05) is 89.4 Å². The highest BCUT2D eigenvalue weighted by Gasteiger charge is 2.20. The van der Waals surface area contributed by atoms with Crippen LogP contribution in [0, 0.1) is 0 Å². The van der Waals surface area contributed by atoms with Crippen molar-refractivity contribution in [1.29, 1.82) is 0 Å². The van der Waals surface area contributed by atoms with Crippen LogP contribution in [0.2, 0.25) is 0 Å². The van der Waals surface area contributed by atoms with Gasteiger partial charge in [0, 0.05) is 76.7 Å². The van der Waals surface area contributed by atoms with Crippen LogP contribution in [0.3, 0.4) is 0 Å². The van der Waals surface area contributed by atoms with Crippen molar-refractivity contribution in [1.82, 2.24) is 20.0 Å². The van der Waals surface area contributed by atoms with Crippen LogP contribution in [0.4, 0.5) is 5.69 Å². The predicted molar refractivity (Wildman–Crippen MR) is 125 cm³/mol. The third kappa shape index (κ3) is 8.78. The van der Waals surface area contributed by atoms with Gasteiger partial charge in [0.25, 0.3) is 0 Å². The predicted octanol–water partition coefficient (Wildman–Crippen LogP) is 0.554. The van der Waals surface area contributed by atoms with Crippen LogP contribution >= 0.6 is 11.8 Å². The molecular weight excluding hydrogens is 414 g/mol. The minimum Gasteiger partial charge on any atom is -0.383 e. The Labute approximate surface area is 189 Å². The molecule has 0 radical (unpaired) electrons. The minimum absolute atomic E-state index is 0.0114. The molecule has 0 bridgehead atoms. The van der Waals surface area contributed by atoms with Gasteiger partial charge >= 0.3 is 0 Å². The summed E-state index contributed by atoms with van der Waals surface area (Å²) in [5.41, 5.74) is 2.10. The molecule has 2 fully saturated rings. The van der Waals surface area contributed by atoms with Gasteiger partial charge in [0.05, 0.1) is 19.7 Å². The lowest BCUT2D eigenvalue weighted by Crippen LogP contribution is -2.51. The maximum absolute atomic E-state index is 12.5. The van der Waals surface area contributed by atoms with Crippen LogP contribution < -0.4 is 10.6 Å². The maximum Gasteiger partial charge on any atom is 0.238 e. The smallest absolute Gasteiger partial charge is 0.238 e. The van der Waals surface area contributed by atoms with E-state index < -0.39 is 0 Å². The van der Waals surface area contributed by atoms with E-state index in [4.69, 9.17) is 4.74 Å². The normalized spacial score (nSPS) is 18.6. The number of rotatable bonds is 10. The number of nitrogens with one attached hydrogen (secondary N) is 2. The summed E-state index contributed by atoms with van der Waals surface area (Å²) < 4.78 is 4.94. The van der Waals surface area contributed by atoms with Crippen LogP contribution in [-0.2, 0) is 20.9 Å². The Hall–Kier alpha value is -1.65. The summed E-state index contributed by atoms with van der Waals surface area (Å²) in [5.74, 6) is 2.42. The molecule has 9 heteroatoms. The van der Waals surface area contributed by atoms with Crippen LogP contribution in [0.25, 0.3) is 0 Å². The van der Waals surface area contributed by atoms with Crippen molar-refractivity contribution in [2.45, 2.75) is 6.54 Å². The first-order chi connectivity index (χ1) is 15.1. The summed E-state index contributed by atoms with van der Waals surface area (Å²) in [6, 6.07) is 8.18. The van der Waals surface area contributed by atoms with Crippen LogP contribution in [0.15, 0.2) is 24.3 Å². The molecule has 2 amide bonds. The number of thioether (sulfide) groups is 1. The quantitative estimate of drug-likeness (QED) is 0.505. The van der Waals surface area contributed by atoms with Crippen LogP contribution in [-0.4, -0.2) is 111 Å². The molecule has 2 aliphatic heterocycles. The Morgan fingerprint density at radius 1 is 0.968 bits per heavy atom. The Balaban J connectivity index is 1.36. The summed E-state index contributed by atoms with van der Waals surface area (Å²) in [6.07, 6.45) is 0. The number of hydrogen-bond acceptors (Lipinski definition) is 7. The van der Waals surface area contributed by atoms with Crippen molar-refractivity contribution in [3.05, 3.63) is 29.8 Å². The van der Waals surface area contributed by atoms with Gasteiger partial charge in [0.15, 0.2) is 0 Å². The van der Waals surface area contributed by atoms with Crippen molar-refractivity contribution in [3.8, 4) is 0 Å². The second-order valence-electron chi connectivity index (χ2n) is 8.03. The molecule has 8 nitrogen and oxygen atoms in total. The fourth-order valence-corrected chi connectivity index (χ4v) is 4.80. The van der Waals surface area contributed by atoms with Crippen molar-refractivity contribution in [3.63, 3.8) is 0 Å². The Kier molecular flexibility index (Phi) is 10.1. The number of nitrogens with zero attached hydrogens (tertiary/aromatic N) is 3. The van der Waals surface area contributed by atoms with Gasteiger partial charge in [-0.25, -0.2) is 0 Å². The summed E-state index contributed by atoms with van der Waals surface area (Å²) >= 11 is 2.01. The second kappa shape index (κ2) is 13.0. The van der Waals surface area contributed by atoms with E-state index in [0.29, 0.717) is 26.2 Å². The zero-order chi connectivity index (χ0) is 21.9. The molecule has 0 unspecified atom stereocenters. The number of piperazine rings is 1. The SMILES string of the molecule is COCCNC(=O)CN1CCN(CC(=O)Nc2cccc(CN3CCSCC3)c2)CC1. The molecule has 2 N–H and O–H groups in total. The van der Waals surface area contributed by atoms with Gasteiger partial charge in [0.1, 0.15) is 0 Å². The molecule has 1 aromatic carbocycles. The number of carbonyl (C=O) groups is 2. The highest BCUT2D eigenvalue weighted by atomic mass is 32.2. The largest absolute Gasteiger partial charge is 0.383 e. The highest BCUT2D eigenvalue weighted by Crippen LogP contribution is 2.16. The first-order valence-corrected chi connectivity index (χ1v) is 12.2. The van der Waals surface area contributed by atoms with Gasteiger partial charge in [-0.15, -0.1) is 0 Å². The summed E-state index contributed by atoms with van der Waals surface area (Å²) in [4.78, 5) is 31.2. The number of benzene rings is 1. The number of anilines is 1. The van der Waals surface area contributed by atoms with E-state index in [9.17, 15) is 9.59 Å². The number of methoxy groups -OCH3 is 1. The number of hydrogen-bond donors (Lipinski definition) is 2. The standard InChI is InChI=1S/C22H35N5O3S/c1-30-12-5-23-21(28)17-25-6-8-26(9-7-25)18-22(29)24-20-4-2-3-19(15-20)16-27-10-13-31-14-11-27/h2-4,15H,5-14,16-18H2,1H3,(H,23,28)(H,24,29). The molecule has 0 atom stereocenters. The Morgan fingerprint density at radius 3 is 2.32 bits per heavy atom. The van der Waals surface area contributed by atoms with E-state index in [2.05, 4.69) is 37.5 Å². The average Bonchev–Trinajstić information content (AvgIpc) is 2.76. The van der Waals surface area contributed by atoms with Crippen LogP contribution in [0.5, 0.6) is 0 Å². The molecule has 3 rings (SSSR count). The van der Waals surface area contributed by atoms with Crippen LogP contribution in [0.1, 0.15) is 5.56 Å². The molecule has 1 aromatic rings. The van der Waals surface area contributed by atoms with Crippen molar-refractivity contribution in [2.24, 2.45) is 0 Å². The molecule has 31 heavy (non-hydrogen) atoms. The lowest BCUT2D eigenvalue weighted by Gasteiger charge is -2.33. The minimum atomic E-state index is 0.0114. The monoisotopic (exact) mass is 449 g/mol. The molecule has 0 spiro atoms. The number of carbonyl (C=O) groups excluding carboxylic acids is 2. The second-order valence-corrected chi connectivity index (χ2v) is 9.26. The molecule has 2 saturated heterocycles. The molecule has 2 heterocycles. The fraction of sp³-hybridized carbons (Fsp3) is 0.636. The van der Waals surface area contributed by atoms with E-state index >= 15 is 0 Å². The Bertz CT molecular complexity index is 706. The van der Waals surface area contributed by atoms with Gasteiger partial charge in [-0.2, -0.15) is 11.8 Å². The van der Waals surface area contributed by atoms with E-state index in [1.54, 1.807) is 7.11 Å². The van der Waals surface area contributed by atoms with E-state index in [0.717, 1.165) is 51.5 Å². The molecular formula is C22H35N5O3S. The molecule has 0 aromatic heterocycles. The molecule has 2 aliphatic rings. The van der Waals surface area contributed by atoms with Crippen molar-refractivity contribution >= 4 is 29.3 Å². The van der Waals surface area contributed by atoms with Gasteiger partial charge in [-0.05, 0) is 17.7 Å². The lowest BCUT2D eigenvalue weighted by atomic mass is 10.2. The van der Waals surface area contributed by atoms with Gasteiger partial charge in [-0.3, -0.25) is 24.3 Å². The summed E-state index contributed by atoms with van der Waals surface area (Å²) in [6.45, 7) is 8.16. The Morgan fingerprint density at radius 2 is 1.65 bits per heavy atom. The van der Waals surface area contributed by atoms with Crippen molar-refractivity contribution < 1.29 is 14.3 Å². The third-order valence-corrected chi connectivity index (χ3v) is 6.49. The zero-order valence-electron chi connectivity index (χ0n) is 18.5. The lowest BCUT2D eigenvalue weighted by molar-refractivity contribution is -0.123. The van der Waals surface area contributed by atoms with Gasteiger partial charge < -0.3 is 15.4 Å². The van der Waals surface area contributed by atoms with E-state index in [1.165, 1.54) is 17.1 Å². The van der Waals surface area contributed by atoms with Gasteiger partial charge in [-0.1, -0.05) is 12.1 Å².